The third kappa shape index (κ3) is 1.86. The van der Waals surface area contributed by atoms with Crippen LogP contribution in [0.3, 0.4) is 0 Å². The van der Waals surface area contributed by atoms with Gasteiger partial charge in [0.2, 0.25) is 0 Å². The second-order valence-corrected chi connectivity index (χ2v) is 6.99. The lowest BCUT2D eigenvalue weighted by Gasteiger charge is -2.48. The maximum absolute atomic E-state index is 12.4. The summed E-state index contributed by atoms with van der Waals surface area (Å²) in [5.74, 6) is 0.177. The maximum Gasteiger partial charge on any atom is 0.264 e. The molecule has 1 N–H and O–H groups in total. The van der Waals surface area contributed by atoms with Crippen LogP contribution >= 0.6 is 11.3 Å². The first-order valence-corrected chi connectivity index (χ1v) is 7.58. The predicted molar refractivity (Wildman–Crippen MR) is 79.0 cm³/mol. The van der Waals surface area contributed by atoms with Crippen LogP contribution in [0.25, 0.3) is 10.2 Å². The van der Waals surface area contributed by atoms with E-state index in [0.717, 1.165) is 20.8 Å². The fourth-order valence-electron chi connectivity index (χ4n) is 2.59. The summed E-state index contributed by atoms with van der Waals surface area (Å²) in [6.45, 7) is 6.76. The molecule has 3 rings (SSSR count). The van der Waals surface area contributed by atoms with Gasteiger partial charge in [0.15, 0.2) is 0 Å². The SMILES string of the molecule is Cc1nn(C)c2sc(C(=O)N3CC(O)(C(C)C)C3)cc12. The highest BCUT2D eigenvalue weighted by atomic mass is 32.1. The Balaban J connectivity index is 1.82. The van der Waals surface area contributed by atoms with Crippen LogP contribution in [-0.4, -0.2) is 44.4 Å². The van der Waals surface area contributed by atoms with Gasteiger partial charge in [-0.05, 0) is 18.9 Å². The van der Waals surface area contributed by atoms with Gasteiger partial charge in [-0.25, -0.2) is 0 Å². The van der Waals surface area contributed by atoms with Crippen LogP contribution in [0.1, 0.15) is 29.2 Å². The molecule has 0 unspecified atom stereocenters. The lowest BCUT2D eigenvalue weighted by molar-refractivity contribution is -0.110. The molecular formula is C14H19N3O2S. The second kappa shape index (κ2) is 4.30. The largest absolute Gasteiger partial charge is 0.386 e. The van der Waals surface area contributed by atoms with Crippen LogP contribution in [0.4, 0.5) is 0 Å². The lowest BCUT2D eigenvalue weighted by atomic mass is 9.83. The van der Waals surface area contributed by atoms with Gasteiger partial charge < -0.3 is 10.0 Å². The summed E-state index contributed by atoms with van der Waals surface area (Å²) in [5.41, 5.74) is 0.226. The van der Waals surface area contributed by atoms with Crippen molar-refractivity contribution in [3.63, 3.8) is 0 Å². The van der Waals surface area contributed by atoms with Crippen LogP contribution < -0.4 is 0 Å². The van der Waals surface area contributed by atoms with E-state index in [1.54, 1.807) is 4.90 Å². The number of rotatable bonds is 2. The average molecular weight is 293 g/mol. The lowest BCUT2D eigenvalue weighted by Crippen LogP contribution is -2.65. The van der Waals surface area contributed by atoms with Crippen molar-refractivity contribution in [2.45, 2.75) is 26.4 Å². The summed E-state index contributed by atoms with van der Waals surface area (Å²) in [7, 11) is 1.89. The van der Waals surface area contributed by atoms with E-state index in [9.17, 15) is 9.90 Å². The van der Waals surface area contributed by atoms with E-state index in [1.807, 2.05) is 38.6 Å². The van der Waals surface area contributed by atoms with Crippen LogP contribution in [0.5, 0.6) is 0 Å². The molecule has 108 valence electrons. The van der Waals surface area contributed by atoms with Crippen LogP contribution in [0.15, 0.2) is 6.07 Å². The Morgan fingerprint density at radius 1 is 1.50 bits per heavy atom. The number of nitrogens with zero attached hydrogens (tertiary/aromatic N) is 3. The summed E-state index contributed by atoms with van der Waals surface area (Å²) < 4.78 is 1.81. The zero-order valence-electron chi connectivity index (χ0n) is 12.2. The summed E-state index contributed by atoms with van der Waals surface area (Å²) in [4.78, 5) is 15.9. The fourth-order valence-corrected chi connectivity index (χ4v) is 3.68. The number of likely N-dealkylation sites (tertiary alicyclic amines) is 1. The molecule has 1 amide bonds. The van der Waals surface area contributed by atoms with Crippen molar-refractivity contribution in [2.24, 2.45) is 13.0 Å². The zero-order valence-corrected chi connectivity index (χ0v) is 13.0. The van der Waals surface area contributed by atoms with Gasteiger partial charge in [0.1, 0.15) is 10.4 Å². The Morgan fingerprint density at radius 2 is 2.15 bits per heavy atom. The molecule has 1 aliphatic rings. The van der Waals surface area contributed by atoms with Crippen molar-refractivity contribution in [2.75, 3.05) is 13.1 Å². The second-order valence-electron chi connectivity index (χ2n) is 5.96. The Labute approximate surface area is 121 Å². The van der Waals surface area contributed by atoms with E-state index in [0.29, 0.717) is 13.1 Å². The molecule has 3 heterocycles. The van der Waals surface area contributed by atoms with Gasteiger partial charge in [0.05, 0.1) is 23.7 Å². The number of fused-ring (bicyclic) bond motifs is 1. The first-order valence-electron chi connectivity index (χ1n) is 6.76. The number of aromatic nitrogens is 2. The average Bonchev–Trinajstić information content (AvgIpc) is 2.87. The minimum atomic E-state index is -0.718. The predicted octanol–water partition coefficient (Wildman–Crippen LogP) is 1.79. The highest BCUT2D eigenvalue weighted by molar-refractivity contribution is 7.20. The molecule has 0 aromatic carbocycles. The van der Waals surface area contributed by atoms with Gasteiger partial charge in [-0.3, -0.25) is 9.48 Å². The third-order valence-electron chi connectivity index (χ3n) is 4.20. The normalized spacial score (nSPS) is 17.8. The highest BCUT2D eigenvalue weighted by Gasteiger charge is 2.46. The van der Waals surface area contributed by atoms with Crippen molar-refractivity contribution >= 4 is 27.5 Å². The molecule has 5 nitrogen and oxygen atoms in total. The maximum atomic E-state index is 12.4. The summed E-state index contributed by atoms with van der Waals surface area (Å²) >= 11 is 1.47. The Bertz CT molecular complexity index is 645. The standard InChI is InChI=1S/C14H19N3O2S/c1-8(2)14(19)6-17(7-14)12(18)11-5-10-9(3)15-16(4)13(10)20-11/h5,8,19H,6-7H2,1-4H3. The minimum absolute atomic E-state index is 0.0101. The molecule has 0 radical (unpaired) electrons. The van der Waals surface area contributed by atoms with Crippen molar-refractivity contribution in [1.29, 1.82) is 0 Å². The van der Waals surface area contributed by atoms with Gasteiger partial charge in [-0.2, -0.15) is 5.10 Å². The summed E-state index contributed by atoms with van der Waals surface area (Å²) in [6, 6.07) is 1.91. The van der Waals surface area contributed by atoms with Crippen LogP contribution in [-0.2, 0) is 7.05 Å². The monoisotopic (exact) mass is 293 g/mol. The minimum Gasteiger partial charge on any atom is -0.386 e. The number of hydrogen-bond acceptors (Lipinski definition) is 4. The molecule has 20 heavy (non-hydrogen) atoms. The number of β-amino-alcohol motifs (C(OH)–C–C–N with tert-alkyl or cyclic N) is 1. The number of carbonyl (C=O) groups excluding carboxylic acids is 1. The van der Waals surface area contributed by atoms with Crippen LogP contribution in [0.2, 0.25) is 0 Å². The van der Waals surface area contributed by atoms with E-state index < -0.39 is 5.60 Å². The topological polar surface area (TPSA) is 58.4 Å². The number of amides is 1. The van der Waals surface area contributed by atoms with Gasteiger partial charge in [-0.15, -0.1) is 11.3 Å². The number of hydrogen-bond donors (Lipinski definition) is 1. The third-order valence-corrected chi connectivity index (χ3v) is 5.39. The molecule has 6 heteroatoms. The number of carbonyl (C=O) groups is 1. The van der Waals surface area contributed by atoms with Crippen molar-refractivity contribution in [3.8, 4) is 0 Å². The van der Waals surface area contributed by atoms with E-state index in [1.165, 1.54) is 11.3 Å². The quantitative estimate of drug-likeness (QED) is 0.918. The van der Waals surface area contributed by atoms with Crippen molar-refractivity contribution < 1.29 is 9.90 Å². The fraction of sp³-hybridized carbons (Fsp3) is 0.571. The first-order chi connectivity index (χ1) is 9.32. The smallest absolute Gasteiger partial charge is 0.264 e. The zero-order chi connectivity index (χ0) is 14.7. The molecule has 1 saturated heterocycles. The Morgan fingerprint density at radius 3 is 2.70 bits per heavy atom. The van der Waals surface area contributed by atoms with Gasteiger partial charge in [0, 0.05) is 12.4 Å². The molecule has 0 spiro atoms. The van der Waals surface area contributed by atoms with E-state index in [2.05, 4.69) is 5.10 Å². The number of thiophene rings is 1. The van der Waals surface area contributed by atoms with Gasteiger partial charge >= 0.3 is 0 Å². The summed E-state index contributed by atoms with van der Waals surface area (Å²) in [6.07, 6.45) is 0. The number of aliphatic hydroxyl groups is 1. The molecule has 0 bridgehead atoms. The van der Waals surface area contributed by atoms with Gasteiger partial charge in [0.25, 0.3) is 5.91 Å². The molecule has 2 aromatic heterocycles. The number of aryl methyl sites for hydroxylation is 2. The molecule has 1 aliphatic heterocycles. The van der Waals surface area contributed by atoms with E-state index in [4.69, 9.17) is 0 Å². The van der Waals surface area contributed by atoms with Crippen LogP contribution in [0, 0.1) is 12.8 Å². The first kappa shape index (κ1) is 13.6. The summed E-state index contributed by atoms with van der Waals surface area (Å²) in [5, 5.41) is 15.6. The molecule has 1 fully saturated rings. The molecule has 0 aliphatic carbocycles. The molecule has 0 saturated carbocycles. The van der Waals surface area contributed by atoms with Crippen molar-refractivity contribution in [3.05, 3.63) is 16.6 Å². The van der Waals surface area contributed by atoms with Gasteiger partial charge in [-0.1, -0.05) is 13.8 Å². The molecular weight excluding hydrogens is 274 g/mol. The molecule has 2 aromatic rings. The Kier molecular flexibility index (Phi) is 2.92. The van der Waals surface area contributed by atoms with E-state index in [-0.39, 0.29) is 11.8 Å². The highest BCUT2D eigenvalue weighted by Crippen LogP contribution is 2.33. The van der Waals surface area contributed by atoms with E-state index >= 15 is 0 Å². The molecule has 0 atom stereocenters. The van der Waals surface area contributed by atoms with Crippen molar-refractivity contribution in [1.82, 2.24) is 14.7 Å². The Hall–Kier alpha value is -1.40.